The third kappa shape index (κ3) is 4.46. The molecule has 1 N–H and O–H groups in total. The van der Waals surface area contributed by atoms with E-state index in [1.807, 2.05) is 4.90 Å². The van der Waals surface area contributed by atoms with Gasteiger partial charge in [0.15, 0.2) is 0 Å². The molecule has 0 aromatic heterocycles. The Morgan fingerprint density at radius 2 is 2.16 bits per heavy atom. The fourth-order valence-electron chi connectivity index (χ4n) is 3.47. The molecule has 0 aliphatic carbocycles. The predicted octanol–water partition coefficient (Wildman–Crippen LogP) is 1.48. The minimum absolute atomic E-state index is 0.210. The number of carbonyl (C=O) groups excluding carboxylic acids is 1. The molecular weight excluding hydrogens is 240 g/mol. The summed E-state index contributed by atoms with van der Waals surface area (Å²) in [7, 11) is 0. The van der Waals surface area contributed by atoms with Crippen molar-refractivity contribution in [3.63, 3.8) is 0 Å². The second kappa shape index (κ2) is 7.25. The first kappa shape index (κ1) is 14.8. The lowest BCUT2D eigenvalue weighted by atomic mass is 9.93. The van der Waals surface area contributed by atoms with Crippen molar-refractivity contribution in [1.82, 2.24) is 9.80 Å². The van der Waals surface area contributed by atoms with Crippen LogP contribution in [0.5, 0.6) is 0 Å². The standard InChI is InChI=1S/C15H28N2O2/c1-2-5-13-6-3-8-16(10-13)11-14(18)12-17-9-4-7-15(17)19/h13-14,18H,2-12H2,1H3. The Hall–Kier alpha value is -0.610. The normalized spacial score (nSPS) is 26.9. The molecule has 110 valence electrons. The number of rotatable bonds is 6. The van der Waals surface area contributed by atoms with Gasteiger partial charge in [-0.05, 0) is 38.1 Å². The molecule has 19 heavy (non-hydrogen) atoms. The molecule has 2 fully saturated rings. The Kier molecular flexibility index (Phi) is 5.64. The van der Waals surface area contributed by atoms with Crippen molar-refractivity contribution in [3.8, 4) is 0 Å². The van der Waals surface area contributed by atoms with Gasteiger partial charge in [0.25, 0.3) is 0 Å². The summed E-state index contributed by atoms with van der Waals surface area (Å²) < 4.78 is 0. The molecule has 4 nitrogen and oxygen atoms in total. The zero-order valence-electron chi connectivity index (χ0n) is 12.2. The van der Waals surface area contributed by atoms with Gasteiger partial charge in [0.05, 0.1) is 6.10 Å². The summed E-state index contributed by atoms with van der Waals surface area (Å²) >= 11 is 0. The van der Waals surface area contributed by atoms with Gasteiger partial charge in [0.2, 0.25) is 5.91 Å². The van der Waals surface area contributed by atoms with Gasteiger partial charge in [-0.15, -0.1) is 0 Å². The summed E-state index contributed by atoms with van der Waals surface area (Å²) in [6.07, 6.45) is 6.37. The zero-order valence-corrected chi connectivity index (χ0v) is 12.2. The van der Waals surface area contributed by atoms with Crippen LogP contribution in [0.4, 0.5) is 0 Å². The monoisotopic (exact) mass is 268 g/mol. The molecule has 2 heterocycles. The summed E-state index contributed by atoms with van der Waals surface area (Å²) in [5.41, 5.74) is 0. The van der Waals surface area contributed by atoms with Gasteiger partial charge >= 0.3 is 0 Å². The summed E-state index contributed by atoms with van der Waals surface area (Å²) in [5.74, 6) is 1.01. The highest BCUT2D eigenvalue weighted by Crippen LogP contribution is 2.21. The SMILES string of the molecule is CCCC1CCCN(CC(O)CN2CCCC2=O)C1. The van der Waals surface area contributed by atoms with E-state index in [2.05, 4.69) is 11.8 Å². The molecule has 0 aromatic rings. The van der Waals surface area contributed by atoms with Crippen LogP contribution in [0, 0.1) is 5.92 Å². The quantitative estimate of drug-likeness (QED) is 0.793. The van der Waals surface area contributed by atoms with Gasteiger partial charge in [-0.1, -0.05) is 13.3 Å². The summed E-state index contributed by atoms with van der Waals surface area (Å²) in [4.78, 5) is 15.7. The molecule has 1 amide bonds. The Balaban J connectivity index is 1.72. The van der Waals surface area contributed by atoms with Crippen molar-refractivity contribution in [2.45, 2.75) is 51.6 Å². The first-order valence-corrected chi connectivity index (χ1v) is 7.87. The van der Waals surface area contributed by atoms with Crippen LogP contribution in [0.25, 0.3) is 0 Å². The van der Waals surface area contributed by atoms with E-state index in [-0.39, 0.29) is 12.0 Å². The number of carbonyl (C=O) groups is 1. The minimum atomic E-state index is -0.387. The highest BCUT2D eigenvalue weighted by Gasteiger charge is 2.25. The fourth-order valence-corrected chi connectivity index (χ4v) is 3.47. The summed E-state index contributed by atoms with van der Waals surface area (Å²) in [6.45, 7) is 6.54. The lowest BCUT2D eigenvalue weighted by Gasteiger charge is -2.34. The first-order chi connectivity index (χ1) is 9.19. The van der Waals surface area contributed by atoms with Crippen LogP contribution in [0.3, 0.4) is 0 Å². The van der Waals surface area contributed by atoms with Gasteiger partial charge in [-0.2, -0.15) is 0 Å². The number of nitrogens with zero attached hydrogens (tertiary/aromatic N) is 2. The van der Waals surface area contributed by atoms with Crippen LogP contribution in [0.1, 0.15) is 45.4 Å². The maximum atomic E-state index is 11.5. The van der Waals surface area contributed by atoms with Crippen molar-refractivity contribution < 1.29 is 9.90 Å². The fraction of sp³-hybridized carbons (Fsp3) is 0.933. The smallest absolute Gasteiger partial charge is 0.222 e. The molecule has 2 atom stereocenters. The number of aliphatic hydroxyl groups is 1. The lowest BCUT2D eigenvalue weighted by molar-refractivity contribution is -0.129. The molecule has 0 spiro atoms. The maximum Gasteiger partial charge on any atom is 0.222 e. The van der Waals surface area contributed by atoms with Gasteiger partial charge in [-0.3, -0.25) is 4.79 Å². The number of piperidine rings is 1. The molecule has 0 bridgehead atoms. The Labute approximate surface area is 116 Å². The van der Waals surface area contributed by atoms with Gasteiger partial charge in [-0.25, -0.2) is 0 Å². The molecule has 0 aromatic carbocycles. The van der Waals surface area contributed by atoms with Crippen molar-refractivity contribution >= 4 is 5.91 Å². The molecule has 0 radical (unpaired) electrons. The van der Waals surface area contributed by atoms with E-state index in [1.165, 1.54) is 25.7 Å². The summed E-state index contributed by atoms with van der Waals surface area (Å²) in [6, 6.07) is 0. The van der Waals surface area contributed by atoms with E-state index in [1.54, 1.807) is 0 Å². The Morgan fingerprint density at radius 1 is 1.32 bits per heavy atom. The minimum Gasteiger partial charge on any atom is -0.390 e. The number of β-amino-alcohol motifs (C(OH)–C–C–N with tert-alkyl or cyclic N) is 1. The first-order valence-electron chi connectivity index (χ1n) is 7.87. The Bertz CT molecular complexity index is 294. The molecule has 0 saturated carbocycles. The molecule has 2 saturated heterocycles. The predicted molar refractivity (Wildman–Crippen MR) is 75.9 cm³/mol. The largest absolute Gasteiger partial charge is 0.390 e. The molecule has 4 heteroatoms. The van der Waals surface area contributed by atoms with Crippen molar-refractivity contribution in [2.75, 3.05) is 32.7 Å². The molecular formula is C15H28N2O2. The van der Waals surface area contributed by atoms with Crippen LogP contribution >= 0.6 is 0 Å². The number of hydrogen-bond donors (Lipinski definition) is 1. The third-order valence-electron chi connectivity index (χ3n) is 4.37. The van der Waals surface area contributed by atoms with E-state index in [9.17, 15) is 9.90 Å². The average molecular weight is 268 g/mol. The highest BCUT2D eigenvalue weighted by molar-refractivity contribution is 5.78. The highest BCUT2D eigenvalue weighted by atomic mass is 16.3. The zero-order chi connectivity index (χ0) is 13.7. The maximum absolute atomic E-state index is 11.5. The summed E-state index contributed by atoms with van der Waals surface area (Å²) in [5, 5.41) is 10.2. The van der Waals surface area contributed by atoms with Crippen LogP contribution in [0.2, 0.25) is 0 Å². The van der Waals surface area contributed by atoms with Gasteiger partial charge in [0.1, 0.15) is 0 Å². The van der Waals surface area contributed by atoms with Gasteiger partial charge < -0.3 is 14.9 Å². The van der Waals surface area contributed by atoms with E-state index in [4.69, 9.17) is 0 Å². The van der Waals surface area contributed by atoms with Crippen molar-refractivity contribution in [1.29, 1.82) is 0 Å². The number of hydrogen-bond acceptors (Lipinski definition) is 3. The lowest BCUT2D eigenvalue weighted by Crippen LogP contribution is -2.44. The van der Waals surface area contributed by atoms with E-state index in [0.29, 0.717) is 13.0 Å². The topological polar surface area (TPSA) is 43.8 Å². The second-order valence-electron chi connectivity index (χ2n) is 6.15. The molecule has 2 unspecified atom stereocenters. The number of likely N-dealkylation sites (tertiary alicyclic amines) is 2. The van der Waals surface area contributed by atoms with Crippen LogP contribution in [-0.4, -0.2) is 59.6 Å². The molecule has 2 aliphatic rings. The second-order valence-corrected chi connectivity index (χ2v) is 6.15. The van der Waals surface area contributed by atoms with Crippen LogP contribution in [0.15, 0.2) is 0 Å². The van der Waals surface area contributed by atoms with Crippen LogP contribution in [-0.2, 0) is 4.79 Å². The third-order valence-corrected chi connectivity index (χ3v) is 4.37. The van der Waals surface area contributed by atoms with Crippen molar-refractivity contribution in [2.24, 2.45) is 5.92 Å². The van der Waals surface area contributed by atoms with Crippen LogP contribution < -0.4 is 0 Å². The van der Waals surface area contributed by atoms with E-state index in [0.717, 1.165) is 38.5 Å². The van der Waals surface area contributed by atoms with E-state index >= 15 is 0 Å². The average Bonchev–Trinajstić information content (AvgIpc) is 2.76. The Morgan fingerprint density at radius 3 is 2.84 bits per heavy atom. The van der Waals surface area contributed by atoms with Crippen molar-refractivity contribution in [3.05, 3.63) is 0 Å². The molecule has 2 aliphatic heterocycles. The van der Waals surface area contributed by atoms with Gasteiger partial charge in [0, 0.05) is 32.6 Å². The number of aliphatic hydroxyl groups excluding tert-OH is 1. The number of amides is 1. The van der Waals surface area contributed by atoms with E-state index < -0.39 is 0 Å². The molecule has 2 rings (SSSR count).